The highest BCUT2D eigenvalue weighted by Crippen LogP contribution is 2.13. The van der Waals surface area contributed by atoms with E-state index in [9.17, 15) is 14.4 Å². The van der Waals surface area contributed by atoms with Crippen LogP contribution in [0.5, 0.6) is 0 Å². The highest BCUT2D eigenvalue weighted by molar-refractivity contribution is 6.00. The quantitative estimate of drug-likeness (QED) is 0.188. The summed E-state index contributed by atoms with van der Waals surface area (Å²) in [7, 11) is 0. The number of allylic oxidation sites excluding steroid dienone is 4. The molecule has 0 spiro atoms. The number of carboxylic acid groups (broad SMARTS) is 1. The van der Waals surface area contributed by atoms with Gasteiger partial charge in [0.05, 0.1) is 5.57 Å². The van der Waals surface area contributed by atoms with Crippen LogP contribution in [0, 0.1) is 0 Å². The van der Waals surface area contributed by atoms with E-state index >= 15 is 0 Å². The van der Waals surface area contributed by atoms with Crippen molar-refractivity contribution in [1.82, 2.24) is 0 Å². The molecule has 0 aromatic heterocycles. The van der Waals surface area contributed by atoms with Crippen molar-refractivity contribution < 1.29 is 29.6 Å². The van der Waals surface area contributed by atoms with Crippen molar-refractivity contribution in [1.29, 1.82) is 0 Å². The van der Waals surface area contributed by atoms with Crippen molar-refractivity contribution in [2.24, 2.45) is 0 Å². The summed E-state index contributed by atoms with van der Waals surface area (Å²) < 4.78 is 0. The third kappa shape index (κ3) is 8.33. The summed E-state index contributed by atoms with van der Waals surface area (Å²) in [5.41, 5.74) is 0.232. The Hall–Kier alpha value is -2.73. The molecular formula is C17H20O6. The van der Waals surface area contributed by atoms with Crippen LogP contribution in [-0.4, -0.2) is 27.9 Å². The summed E-state index contributed by atoms with van der Waals surface area (Å²) in [6.07, 6.45) is 2.89. The second-order valence-corrected chi connectivity index (χ2v) is 4.77. The fourth-order valence-electron chi connectivity index (χ4n) is 1.41. The van der Waals surface area contributed by atoms with Gasteiger partial charge in [-0.1, -0.05) is 32.4 Å². The van der Waals surface area contributed by atoms with Crippen molar-refractivity contribution in [3.8, 4) is 0 Å². The SMILES string of the molecule is C=C(CCC(=O)C(=C)CCC(=O)C(=C)/C=C\C(=C)C(=O)O)OO. The highest BCUT2D eigenvalue weighted by Gasteiger charge is 2.12. The van der Waals surface area contributed by atoms with Crippen LogP contribution in [0.15, 0.2) is 60.9 Å². The molecule has 0 aliphatic carbocycles. The highest BCUT2D eigenvalue weighted by atomic mass is 17.1. The van der Waals surface area contributed by atoms with Crippen LogP contribution < -0.4 is 0 Å². The molecule has 0 aromatic carbocycles. The lowest BCUT2D eigenvalue weighted by molar-refractivity contribution is -0.205. The minimum Gasteiger partial charge on any atom is -0.478 e. The molecule has 0 aliphatic rings. The normalized spacial score (nSPS) is 10.1. The minimum atomic E-state index is -1.19. The van der Waals surface area contributed by atoms with Crippen molar-refractivity contribution in [3.63, 3.8) is 0 Å². The number of ketones is 2. The fourth-order valence-corrected chi connectivity index (χ4v) is 1.41. The molecule has 0 amide bonds. The summed E-state index contributed by atoms with van der Waals surface area (Å²) in [6.45, 7) is 13.8. The molecule has 124 valence electrons. The van der Waals surface area contributed by atoms with Crippen LogP contribution in [0.2, 0.25) is 0 Å². The third-order valence-corrected chi connectivity index (χ3v) is 2.93. The van der Waals surface area contributed by atoms with E-state index in [4.69, 9.17) is 10.4 Å². The lowest BCUT2D eigenvalue weighted by atomic mass is 9.99. The third-order valence-electron chi connectivity index (χ3n) is 2.93. The Morgan fingerprint density at radius 1 is 0.826 bits per heavy atom. The molecular weight excluding hydrogens is 300 g/mol. The number of carbonyl (C=O) groups is 3. The average Bonchev–Trinajstić information content (AvgIpc) is 2.53. The van der Waals surface area contributed by atoms with Crippen molar-refractivity contribution in [3.05, 3.63) is 60.9 Å². The minimum absolute atomic E-state index is 0.0325. The van der Waals surface area contributed by atoms with Gasteiger partial charge in [0.2, 0.25) is 0 Å². The number of Topliss-reactive ketones (excluding diaryl/α,β-unsaturated/α-hetero) is 2. The number of rotatable bonds is 12. The van der Waals surface area contributed by atoms with Crippen LogP contribution in [0.1, 0.15) is 25.7 Å². The molecule has 0 fully saturated rings. The second-order valence-electron chi connectivity index (χ2n) is 4.77. The molecule has 6 nitrogen and oxygen atoms in total. The smallest absolute Gasteiger partial charge is 0.335 e. The summed E-state index contributed by atoms with van der Waals surface area (Å²) >= 11 is 0. The Morgan fingerprint density at radius 3 is 1.87 bits per heavy atom. The largest absolute Gasteiger partial charge is 0.478 e. The number of hydrogen-bond acceptors (Lipinski definition) is 5. The Bertz CT molecular complexity index is 580. The molecule has 0 aliphatic heterocycles. The zero-order chi connectivity index (χ0) is 18.0. The van der Waals surface area contributed by atoms with Gasteiger partial charge in [0.15, 0.2) is 11.6 Å². The van der Waals surface area contributed by atoms with Crippen molar-refractivity contribution in [2.45, 2.75) is 25.7 Å². The van der Waals surface area contributed by atoms with Crippen molar-refractivity contribution in [2.75, 3.05) is 0 Å². The average molecular weight is 320 g/mol. The molecule has 0 saturated heterocycles. The van der Waals surface area contributed by atoms with Crippen LogP contribution >= 0.6 is 0 Å². The van der Waals surface area contributed by atoms with Gasteiger partial charge in [0.1, 0.15) is 5.76 Å². The first-order valence-corrected chi connectivity index (χ1v) is 6.71. The van der Waals surface area contributed by atoms with Gasteiger partial charge in [0, 0.05) is 24.8 Å². The summed E-state index contributed by atoms with van der Waals surface area (Å²) in [5, 5.41) is 16.9. The molecule has 23 heavy (non-hydrogen) atoms. The molecule has 0 unspecified atom stereocenters. The maximum atomic E-state index is 11.8. The Balaban J connectivity index is 4.32. The first kappa shape index (κ1) is 20.3. The molecule has 0 aromatic rings. The number of aliphatic carboxylic acids is 1. The molecule has 0 radical (unpaired) electrons. The lowest BCUT2D eigenvalue weighted by Crippen LogP contribution is -2.06. The van der Waals surface area contributed by atoms with Crippen LogP contribution in [0.25, 0.3) is 0 Å². The predicted molar refractivity (Wildman–Crippen MR) is 85.5 cm³/mol. The summed E-state index contributed by atoms with van der Waals surface area (Å²) in [4.78, 5) is 38.0. The molecule has 0 rings (SSSR count). The van der Waals surface area contributed by atoms with E-state index in [-0.39, 0.29) is 59.7 Å². The van der Waals surface area contributed by atoms with E-state index in [1.165, 1.54) is 12.2 Å². The van der Waals surface area contributed by atoms with Gasteiger partial charge in [-0.05, 0) is 18.1 Å². The molecule has 0 saturated carbocycles. The Kier molecular flexibility index (Phi) is 8.88. The monoisotopic (exact) mass is 320 g/mol. The van der Waals surface area contributed by atoms with E-state index in [0.717, 1.165) is 0 Å². The van der Waals surface area contributed by atoms with Crippen molar-refractivity contribution >= 4 is 17.5 Å². The van der Waals surface area contributed by atoms with Gasteiger partial charge in [-0.15, -0.1) is 0 Å². The number of carbonyl (C=O) groups excluding carboxylic acids is 2. The van der Waals surface area contributed by atoms with Gasteiger partial charge in [-0.2, -0.15) is 0 Å². The van der Waals surface area contributed by atoms with Gasteiger partial charge < -0.3 is 9.99 Å². The predicted octanol–water partition coefficient (Wildman–Crippen LogP) is 3.00. The summed E-state index contributed by atoms with van der Waals surface area (Å²) in [5.74, 6) is -1.69. The molecule has 0 bridgehead atoms. The maximum Gasteiger partial charge on any atom is 0.335 e. The summed E-state index contributed by atoms with van der Waals surface area (Å²) in [6, 6.07) is 0. The zero-order valence-electron chi connectivity index (χ0n) is 12.8. The van der Waals surface area contributed by atoms with E-state index < -0.39 is 5.97 Å². The van der Waals surface area contributed by atoms with Gasteiger partial charge in [0.25, 0.3) is 0 Å². The van der Waals surface area contributed by atoms with E-state index in [1.54, 1.807) is 0 Å². The number of carboxylic acids is 1. The van der Waals surface area contributed by atoms with Gasteiger partial charge in [-0.25, -0.2) is 10.1 Å². The number of hydrogen-bond donors (Lipinski definition) is 2. The zero-order valence-corrected chi connectivity index (χ0v) is 12.8. The molecule has 0 heterocycles. The molecule has 0 atom stereocenters. The van der Waals surface area contributed by atoms with Crippen LogP contribution in [-0.2, 0) is 19.3 Å². The van der Waals surface area contributed by atoms with Crippen LogP contribution in [0.3, 0.4) is 0 Å². The topological polar surface area (TPSA) is 101 Å². The second kappa shape index (κ2) is 10.1. The molecule has 6 heteroatoms. The first-order chi connectivity index (χ1) is 10.7. The maximum absolute atomic E-state index is 11.8. The van der Waals surface area contributed by atoms with E-state index in [1.807, 2.05) is 0 Å². The molecule has 2 N–H and O–H groups in total. The van der Waals surface area contributed by atoms with Gasteiger partial charge in [-0.3, -0.25) is 9.59 Å². The van der Waals surface area contributed by atoms with Gasteiger partial charge >= 0.3 is 5.97 Å². The standard InChI is InChI=1S/C17H20O6/c1-11(5-6-13(3)17(20)21)15(18)9-7-12(2)16(19)10-8-14(4)23-22/h5-6,22H,1-4,7-10H2,(H,20,21)/b6-5-. The van der Waals surface area contributed by atoms with E-state index in [0.29, 0.717) is 0 Å². The Labute approximate surface area is 134 Å². The Morgan fingerprint density at radius 2 is 1.35 bits per heavy atom. The lowest BCUT2D eigenvalue weighted by Gasteiger charge is -2.05. The first-order valence-electron chi connectivity index (χ1n) is 6.71. The fraction of sp³-hybridized carbons (Fsp3) is 0.235. The van der Waals surface area contributed by atoms with Crippen LogP contribution in [0.4, 0.5) is 0 Å². The van der Waals surface area contributed by atoms with E-state index in [2.05, 4.69) is 31.2 Å².